The molecule has 28 nitrogen and oxygen atoms in total. The Hall–Kier alpha value is -9.14. The number of rotatable bonds is 8. The first-order valence-electron chi connectivity index (χ1n) is 21.7. The number of H-pyrrole nitrogens is 2. The maximum atomic E-state index is 12.3. The largest absolute Gasteiger partial charge is 0.418 e. The first kappa shape index (κ1) is 51.7. The average Bonchev–Trinajstić information content (AvgIpc) is 4.09. The quantitative estimate of drug-likeness (QED) is 0.0309. The summed E-state index contributed by atoms with van der Waals surface area (Å²) in [6.45, 7) is 0. The lowest BCUT2D eigenvalue weighted by atomic mass is 10.1. The van der Waals surface area contributed by atoms with Gasteiger partial charge in [0.15, 0.2) is 0 Å². The van der Waals surface area contributed by atoms with Crippen LogP contribution in [0.25, 0.3) is 21.5 Å². The van der Waals surface area contributed by atoms with E-state index in [1.54, 1.807) is 65.2 Å². The molecule has 4 aromatic rings. The van der Waals surface area contributed by atoms with Gasteiger partial charge >= 0.3 is 12.6 Å². The molecule has 4 heterocycles. The fourth-order valence-electron chi connectivity index (χ4n) is 8.18. The zero-order chi connectivity index (χ0) is 54.3. The number of carbonyl (C=O) groups is 2. The van der Waals surface area contributed by atoms with Crippen LogP contribution in [0.2, 0.25) is 0 Å². The van der Waals surface area contributed by atoms with Crippen LogP contribution in [-0.4, -0.2) is 111 Å². The molecule has 12 rings (SSSR count). The van der Waals surface area contributed by atoms with Gasteiger partial charge in [0.2, 0.25) is 33.8 Å². The Morgan fingerprint density at radius 2 is 0.921 bits per heavy atom. The van der Waals surface area contributed by atoms with Crippen LogP contribution in [0.1, 0.15) is 31.8 Å². The van der Waals surface area contributed by atoms with Gasteiger partial charge in [0, 0.05) is 73.6 Å². The van der Waals surface area contributed by atoms with Crippen molar-refractivity contribution < 1.29 is 19.2 Å². The molecule has 0 bridgehead atoms. The van der Waals surface area contributed by atoms with Crippen molar-refractivity contribution in [2.45, 2.75) is 32.2 Å². The van der Waals surface area contributed by atoms with Crippen LogP contribution < -0.4 is 22.5 Å². The van der Waals surface area contributed by atoms with Crippen LogP contribution in [0.15, 0.2) is 143 Å². The third-order valence-corrected chi connectivity index (χ3v) is 14.7. The van der Waals surface area contributed by atoms with Gasteiger partial charge in [-0.2, -0.15) is 19.6 Å². The number of fused-ring (bicyclic) bond motifs is 10. The fraction of sp³-hybridized carbons (Fsp3) is 0.136. The number of nitrogens with zero attached hydrogens (tertiary/aromatic N) is 14. The number of nitrogen functional groups attached to an aromatic ring is 2. The lowest BCUT2D eigenvalue weighted by Gasteiger charge is -2.05. The zero-order valence-corrected chi connectivity index (χ0v) is 43.0. The number of hydrogen-bond donors (Lipinski definition) is 10. The number of ketones is 2. The van der Waals surface area contributed by atoms with Gasteiger partial charge < -0.3 is 11.7 Å². The molecule has 8 aliphatic rings. The minimum Gasteiger partial charge on any atom is -0.321 e. The van der Waals surface area contributed by atoms with Crippen molar-refractivity contribution in [2.75, 3.05) is 36.7 Å². The highest BCUT2D eigenvalue weighted by atomic mass is 32.2. The third-order valence-electron chi connectivity index (χ3n) is 11.8. The Balaban J connectivity index is 0.000000124. The van der Waals surface area contributed by atoms with E-state index in [4.69, 9.17) is 44.9 Å². The summed E-state index contributed by atoms with van der Waals surface area (Å²) in [5.41, 5.74) is 46.4. The first-order chi connectivity index (χ1) is 36.6. The number of hydrogen-bond acceptors (Lipinski definition) is 24. The second kappa shape index (κ2) is 21.0. The monoisotopic (exact) mass is 1090 g/mol. The molecule has 76 heavy (non-hydrogen) atoms. The van der Waals surface area contributed by atoms with Crippen molar-refractivity contribution in [1.82, 2.24) is 29.7 Å². The molecular weight excluding hydrogens is 1060 g/mol. The topological polar surface area (TPSA) is 436 Å². The number of benzene rings is 4. The summed E-state index contributed by atoms with van der Waals surface area (Å²) < 4.78 is 0. The molecule has 0 aromatic heterocycles. The molecule has 380 valence electrons. The van der Waals surface area contributed by atoms with Crippen LogP contribution in [0.3, 0.4) is 0 Å². The summed E-state index contributed by atoms with van der Waals surface area (Å²) in [5.74, 6) is 10.7. The van der Waals surface area contributed by atoms with E-state index < -0.39 is 12.6 Å². The summed E-state index contributed by atoms with van der Waals surface area (Å²) >= 11 is 6.27. The van der Waals surface area contributed by atoms with E-state index in [-0.39, 0.29) is 45.7 Å². The van der Waals surface area contributed by atoms with E-state index in [0.717, 1.165) is 39.9 Å². The van der Waals surface area contributed by atoms with Gasteiger partial charge in [-0.1, -0.05) is 22.4 Å². The number of aromatic amines is 2. The number of aromatic nitrogens is 6. The van der Waals surface area contributed by atoms with Gasteiger partial charge in [-0.05, 0) is 96.7 Å². The molecule has 0 saturated carbocycles. The SMILES string of the molecule is CSc1ccc2c(=O)c3[nH]n(N)c(N=N)nc=3c2c1.CSc1ccc2c(c1)C(=O)C1=N[N+](=N)C(N=N)N=C12.CSc1ccc2c(c1)C1=NC(N=N)[N+](=N)N=C1C2=O.CSc1ccc2c3nc(N=N)n(N)[nH]c=3c(=O)c2c1. The normalized spacial score (nSPS) is 15.9. The fourth-order valence-corrected chi connectivity index (χ4v) is 9.94. The highest BCUT2D eigenvalue weighted by Gasteiger charge is 2.43. The zero-order valence-electron chi connectivity index (χ0n) is 39.8. The predicted molar refractivity (Wildman–Crippen MR) is 282 cm³/mol. The Labute approximate surface area is 441 Å². The molecule has 12 N–H and O–H groups in total. The van der Waals surface area contributed by atoms with E-state index in [9.17, 15) is 19.2 Å². The molecule has 2 atom stereocenters. The van der Waals surface area contributed by atoms with E-state index >= 15 is 0 Å². The van der Waals surface area contributed by atoms with Gasteiger partial charge in [-0.3, -0.25) is 29.4 Å². The maximum Gasteiger partial charge on any atom is 0.418 e. The number of carbonyl (C=O) groups excluding carboxylic acids is 2. The van der Waals surface area contributed by atoms with Crippen LogP contribution in [0.5, 0.6) is 0 Å². The predicted octanol–water partition coefficient (Wildman–Crippen LogP) is 7.34. The van der Waals surface area contributed by atoms with Gasteiger partial charge in [0.25, 0.3) is 11.9 Å². The van der Waals surface area contributed by atoms with Crippen LogP contribution >= 0.6 is 47.0 Å². The van der Waals surface area contributed by atoms with Gasteiger partial charge in [0.05, 0.1) is 9.61 Å². The number of aliphatic imine (C=N–C) groups is 2. The van der Waals surface area contributed by atoms with Crippen molar-refractivity contribution in [1.29, 1.82) is 33.2 Å². The lowest BCUT2D eigenvalue weighted by molar-refractivity contribution is -0.653. The molecule has 4 aliphatic carbocycles. The Bertz CT molecular complexity index is 4280. The average molecular weight is 1100 g/mol. The third kappa shape index (κ3) is 9.06. The molecule has 4 aromatic carbocycles. The summed E-state index contributed by atoms with van der Waals surface area (Å²) in [6, 6.07) is 22.2. The minimum absolute atomic E-state index is 0.00773. The van der Waals surface area contributed by atoms with Crippen molar-refractivity contribution in [2.24, 2.45) is 40.6 Å². The lowest BCUT2D eigenvalue weighted by Crippen LogP contribution is -2.29. The summed E-state index contributed by atoms with van der Waals surface area (Å²) in [5, 5.41) is 30.2. The number of thioether (sulfide) groups is 4. The van der Waals surface area contributed by atoms with Crippen LogP contribution in [-0.2, 0) is 0 Å². The molecule has 0 fully saturated rings. The van der Waals surface area contributed by atoms with Crippen molar-refractivity contribution >= 4 is 115 Å². The molecule has 2 unspecified atom stereocenters. The molecule has 32 heteroatoms. The number of hydrazone groups is 2. The minimum atomic E-state index is -1.02. The van der Waals surface area contributed by atoms with Crippen molar-refractivity contribution in [3.63, 3.8) is 0 Å². The molecule has 0 saturated heterocycles. The molecule has 0 spiro atoms. The highest BCUT2D eigenvalue weighted by molar-refractivity contribution is 7.99. The number of Topliss-reactive ketones (excluding diaryl/α,β-unsaturated/α-hetero) is 2. The Kier molecular flexibility index (Phi) is 14.3. The van der Waals surface area contributed by atoms with E-state index in [1.807, 2.05) is 79.6 Å². The Morgan fingerprint density at radius 1 is 0.513 bits per heavy atom. The standard InChI is InChI=1S/C11H10N6OS.C11H9N6OS.C11H10N6OS.C11H9N6OS/c2*1-19-5-2-3-6-7(4-5)8-9(10(6)18)16-17(13)11(14-8)15-12;2*1-19-5-2-3-6-7(4-5)10(18)9-8(6)14-11(15-12)17(13)16-9/h2-4,12,16H,13H2,1H3;2-4,11-13H,1H3;2-4,12,16H,13H2,1H3;2-4,11-13H,1H3/q;+1;;+1. The highest BCUT2D eigenvalue weighted by Crippen LogP contribution is 2.31. The maximum absolute atomic E-state index is 12.3. The van der Waals surface area contributed by atoms with E-state index in [0.29, 0.717) is 75.5 Å². The first-order valence-corrected chi connectivity index (χ1v) is 26.6. The van der Waals surface area contributed by atoms with E-state index in [1.165, 1.54) is 0 Å². The Morgan fingerprint density at radius 3 is 1.42 bits per heavy atom. The van der Waals surface area contributed by atoms with Crippen molar-refractivity contribution in [3.8, 4) is 0 Å². The van der Waals surface area contributed by atoms with Gasteiger partial charge in [0.1, 0.15) is 32.8 Å². The van der Waals surface area contributed by atoms with Gasteiger partial charge in [-0.25, -0.2) is 32.1 Å². The number of nitrogens with one attached hydrogen (secondary N) is 8. The summed E-state index contributed by atoms with van der Waals surface area (Å²) in [6.07, 6.45) is 5.76. The van der Waals surface area contributed by atoms with Crippen LogP contribution in [0, 0.1) is 54.6 Å². The summed E-state index contributed by atoms with van der Waals surface area (Å²) in [7, 11) is 0. The summed E-state index contributed by atoms with van der Waals surface area (Å²) in [4.78, 5) is 72.8. The smallest absolute Gasteiger partial charge is 0.321 e. The molecular formula is C44H38N24O4S4+2. The van der Waals surface area contributed by atoms with Gasteiger partial charge in [-0.15, -0.1) is 57.3 Å². The molecule has 0 amide bonds. The second-order valence-corrected chi connectivity index (χ2v) is 19.4. The number of nitrogens with two attached hydrogens (primary N) is 2. The van der Waals surface area contributed by atoms with E-state index in [2.05, 4.69) is 60.8 Å². The molecule has 4 aliphatic heterocycles. The van der Waals surface area contributed by atoms with Crippen molar-refractivity contribution in [3.05, 3.63) is 137 Å². The second-order valence-electron chi connectivity index (χ2n) is 15.9. The van der Waals surface area contributed by atoms with Crippen LogP contribution in [0.4, 0.5) is 11.9 Å². The molecule has 0 radical (unpaired) electrons.